The molecule has 3 amide bonds. The van der Waals surface area contributed by atoms with E-state index in [4.69, 9.17) is 9.47 Å². The fraction of sp³-hybridized carbons (Fsp3) is 0.378. The average molecular weight is 618 g/mol. The molecule has 8 nitrogen and oxygen atoms in total. The predicted molar refractivity (Wildman–Crippen MR) is 184 cm³/mol. The molecule has 0 bridgehead atoms. The van der Waals surface area contributed by atoms with Gasteiger partial charge < -0.3 is 19.7 Å². The van der Waals surface area contributed by atoms with Crippen LogP contribution in [0.1, 0.15) is 60.5 Å². The molecule has 0 aromatic heterocycles. The molecule has 0 radical (unpaired) electrons. The van der Waals surface area contributed by atoms with Gasteiger partial charge in [0.05, 0.1) is 13.2 Å². The maximum atomic E-state index is 13.0. The Hall–Kier alpha value is -4.59. The summed E-state index contributed by atoms with van der Waals surface area (Å²) in [5.41, 5.74) is 0.971. The molecule has 1 heterocycles. The van der Waals surface area contributed by atoms with Crippen LogP contribution in [-0.2, 0) is 14.3 Å². The van der Waals surface area contributed by atoms with E-state index in [1.807, 2.05) is 107 Å². The molecular weight excluding hydrogens is 566 g/mol. The highest BCUT2D eigenvalue weighted by molar-refractivity contribution is 6.06. The van der Waals surface area contributed by atoms with E-state index in [1.54, 1.807) is 51.0 Å². The summed E-state index contributed by atoms with van der Waals surface area (Å²) in [4.78, 5) is 41.2. The van der Waals surface area contributed by atoms with Crippen LogP contribution in [-0.4, -0.2) is 61.2 Å². The number of hydrogen-bond acceptors (Lipinski definition) is 5. The first-order chi connectivity index (χ1) is 21.6. The fourth-order valence-electron chi connectivity index (χ4n) is 4.10. The predicted octanol–water partition coefficient (Wildman–Crippen LogP) is 7.61. The Kier molecular flexibility index (Phi) is 18.1. The van der Waals surface area contributed by atoms with Crippen LogP contribution in [0.4, 0.5) is 10.5 Å². The zero-order chi connectivity index (χ0) is 33.7. The van der Waals surface area contributed by atoms with Crippen LogP contribution in [0, 0.1) is 0 Å². The van der Waals surface area contributed by atoms with E-state index in [0.29, 0.717) is 25.2 Å². The molecule has 1 N–H and O–H groups in total. The van der Waals surface area contributed by atoms with Gasteiger partial charge in [0.25, 0.3) is 5.91 Å². The number of benzene rings is 3. The van der Waals surface area contributed by atoms with E-state index < -0.39 is 11.7 Å². The van der Waals surface area contributed by atoms with Crippen LogP contribution in [0.5, 0.6) is 5.75 Å². The first kappa shape index (κ1) is 38.4. The highest BCUT2D eigenvalue weighted by atomic mass is 16.6. The molecule has 244 valence electrons. The van der Waals surface area contributed by atoms with Crippen molar-refractivity contribution >= 4 is 29.7 Å². The Labute approximate surface area is 270 Å². The smallest absolute Gasteiger partial charge is 0.407 e. The standard InChI is InChI=1S/C26H31N3O4.C7H8O.2C2H6/c1-26(2,3)33-25(32)27-21-16-17-28(18-21)24(31)19-29(22-12-8-5-9-13-22)23(30)15-14-20-10-6-4-7-11-20;1-8-7-5-3-2-4-6-7;2*1-2/h4-15,21H,16-19H2,1-3H3,(H,27,32);2-6H,1H3;2*1-2H3/b15-14+;;;/t21-;;;/m0.../s1. The number of anilines is 1. The molecule has 1 aliphatic heterocycles. The number of likely N-dealkylation sites (tertiary alicyclic amines) is 1. The van der Waals surface area contributed by atoms with Crippen LogP contribution in [0.3, 0.4) is 0 Å². The summed E-state index contributed by atoms with van der Waals surface area (Å²) in [6.45, 7) is 14.2. The summed E-state index contributed by atoms with van der Waals surface area (Å²) in [5.74, 6) is 0.460. The topological polar surface area (TPSA) is 88.2 Å². The van der Waals surface area contributed by atoms with Crippen molar-refractivity contribution in [3.8, 4) is 5.75 Å². The van der Waals surface area contributed by atoms with Gasteiger partial charge in [0.1, 0.15) is 17.9 Å². The molecule has 1 aliphatic rings. The Bertz CT molecular complexity index is 1280. The van der Waals surface area contributed by atoms with E-state index in [2.05, 4.69) is 5.32 Å². The molecule has 8 heteroatoms. The lowest BCUT2D eigenvalue weighted by molar-refractivity contribution is -0.130. The van der Waals surface area contributed by atoms with E-state index in [9.17, 15) is 14.4 Å². The zero-order valence-electron chi connectivity index (χ0n) is 28.2. The normalized spacial score (nSPS) is 13.5. The number of carbonyl (C=O) groups excluding carboxylic acids is 3. The van der Waals surface area contributed by atoms with Crippen molar-refractivity contribution in [3.05, 3.63) is 103 Å². The minimum Gasteiger partial charge on any atom is -0.497 e. The van der Waals surface area contributed by atoms with Crippen molar-refractivity contribution in [2.45, 2.75) is 66.5 Å². The molecule has 3 aromatic carbocycles. The minimum atomic E-state index is -0.581. The highest BCUT2D eigenvalue weighted by Gasteiger charge is 2.30. The Morgan fingerprint density at radius 2 is 1.40 bits per heavy atom. The number of para-hydroxylation sites is 2. The molecule has 3 aromatic rings. The molecule has 1 fully saturated rings. The largest absolute Gasteiger partial charge is 0.497 e. The lowest BCUT2D eigenvalue weighted by atomic mass is 10.2. The maximum Gasteiger partial charge on any atom is 0.407 e. The van der Waals surface area contributed by atoms with E-state index in [-0.39, 0.29) is 24.4 Å². The summed E-state index contributed by atoms with van der Waals surface area (Å²) < 4.78 is 10.2. The summed E-state index contributed by atoms with van der Waals surface area (Å²) >= 11 is 0. The number of ether oxygens (including phenoxy) is 2. The summed E-state index contributed by atoms with van der Waals surface area (Å²) in [7, 11) is 1.66. The molecule has 0 saturated carbocycles. The van der Waals surface area contributed by atoms with Gasteiger partial charge in [-0.15, -0.1) is 0 Å². The number of nitrogens with zero attached hydrogens (tertiary/aromatic N) is 2. The number of amides is 3. The first-order valence-electron chi connectivity index (χ1n) is 15.6. The van der Waals surface area contributed by atoms with Gasteiger partial charge in [-0.25, -0.2) is 4.79 Å². The van der Waals surface area contributed by atoms with Crippen molar-refractivity contribution < 1.29 is 23.9 Å². The second-order valence-electron chi connectivity index (χ2n) is 10.5. The molecule has 45 heavy (non-hydrogen) atoms. The lowest BCUT2D eigenvalue weighted by Crippen LogP contribution is -2.44. The number of carbonyl (C=O) groups is 3. The molecule has 0 spiro atoms. The molecule has 1 atom stereocenters. The maximum absolute atomic E-state index is 13.0. The van der Waals surface area contributed by atoms with Gasteiger partial charge in [-0.05, 0) is 63.1 Å². The van der Waals surface area contributed by atoms with Crippen molar-refractivity contribution in [1.82, 2.24) is 10.2 Å². The number of hydrogen-bond donors (Lipinski definition) is 1. The second kappa shape index (κ2) is 21.2. The van der Waals surface area contributed by atoms with Gasteiger partial charge in [-0.2, -0.15) is 0 Å². The fourth-order valence-corrected chi connectivity index (χ4v) is 4.10. The lowest BCUT2D eigenvalue weighted by Gasteiger charge is -2.25. The van der Waals surface area contributed by atoms with Gasteiger partial charge in [0, 0.05) is 24.9 Å². The van der Waals surface area contributed by atoms with Gasteiger partial charge in [0.15, 0.2) is 0 Å². The molecular formula is C37H51N3O5. The number of nitrogens with one attached hydrogen (secondary N) is 1. The zero-order valence-corrected chi connectivity index (χ0v) is 28.2. The molecule has 4 rings (SSSR count). The summed E-state index contributed by atoms with van der Waals surface area (Å²) in [6.07, 6.45) is 3.36. The van der Waals surface area contributed by atoms with Gasteiger partial charge in [-0.3, -0.25) is 14.5 Å². The van der Waals surface area contributed by atoms with Gasteiger partial charge >= 0.3 is 6.09 Å². The average Bonchev–Trinajstić information content (AvgIpc) is 3.53. The first-order valence-corrected chi connectivity index (χ1v) is 15.6. The van der Waals surface area contributed by atoms with Crippen LogP contribution in [0.25, 0.3) is 6.08 Å². The van der Waals surface area contributed by atoms with E-state index >= 15 is 0 Å². The van der Waals surface area contributed by atoms with Crippen molar-refractivity contribution in [3.63, 3.8) is 0 Å². The summed E-state index contributed by atoms with van der Waals surface area (Å²) in [6, 6.07) is 28.2. The van der Waals surface area contributed by atoms with Gasteiger partial charge in [0.2, 0.25) is 5.91 Å². The van der Waals surface area contributed by atoms with Crippen molar-refractivity contribution in [1.29, 1.82) is 0 Å². The van der Waals surface area contributed by atoms with Crippen molar-refractivity contribution in [2.24, 2.45) is 0 Å². The third-order valence-electron chi connectivity index (χ3n) is 6.09. The second-order valence-corrected chi connectivity index (χ2v) is 10.5. The summed E-state index contributed by atoms with van der Waals surface area (Å²) in [5, 5.41) is 2.82. The third-order valence-corrected chi connectivity index (χ3v) is 6.09. The molecule has 1 saturated heterocycles. The van der Waals surface area contributed by atoms with Crippen LogP contribution in [0.15, 0.2) is 97.1 Å². The quantitative estimate of drug-likeness (QED) is 0.276. The number of rotatable bonds is 7. The van der Waals surface area contributed by atoms with E-state index in [1.165, 1.54) is 11.0 Å². The van der Waals surface area contributed by atoms with E-state index in [0.717, 1.165) is 11.3 Å². The monoisotopic (exact) mass is 617 g/mol. The molecule has 0 unspecified atom stereocenters. The molecule has 0 aliphatic carbocycles. The number of methoxy groups -OCH3 is 1. The third kappa shape index (κ3) is 15.1. The van der Waals surface area contributed by atoms with Crippen LogP contribution >= 0.6 is 0 Å². The number of alkyl carbamates (subject to hydrolysis) is 1. The van der Waals surface area contributed by atoms with Crippen LogP contribution < -0.4 is 15.0 Å². The SMILES string of the molecule is CC.CC.CC(C)(C)OC(=O)N[C@H]1CCN(C(=O)CN(C(=O)/C=C/c2ccccc2)c2ccccc2)C1.COc1ccccc1. The van der Waals surface area contributed by atoms with Gasteiger partial charge in [-0.1, -0.05) is 94.4 Å². The van der Waals surface area contributed by atoms with Crippen molar-refractivity contribution in [2.75, 3.05) is 31.6 Å². The Balaban J connectivity index is 0.000000715. The van der Waals surface area contributed by atoms with Crippen LogP contribution in [0.2, 0.25) is 0 Å². The Morgan fingerprint density at radius 1 is 0.867 bits per heavy atom. The highest BCUT2D eigenvalue weighted by Crippen LogP contribution is 2.17. The minimum absolute atomic E-state index is 0.0822. The Morgan fingerprint density at radius 3 is 1.91 bits per heavy atom.